The van der Waals surface area contributed by atoms with Crippen molar-refractivity contribution in [3.05, 3.63) is 23.8 Å². The summed E-state index contributed by atoms with van der Waals surface area (Å²) < 4.78 is 37.1. The minimum absolute atomic E-state index is 0.0502. The van der Waals surface area contributed by atoms with Crippen LogP contribution in [0.1, 0.15) is 10.4 Å². The van der Waals surface area contributed by atoms with E-state index in [9.17, 15) is 14.3 Å². The van der Waals surface area contributed by atoms with E-state index in [0.717, 1.165) is 0 Å². The lowest BCUT2D eigenvalue weighted by Crippen LogP contribution is -2.37. The topological polar surface area (TPSA) is 155 Å². The molecule has 0 radical (unpaired) electrons. The van der Waals surface area contributed by atoms with Crippen molar-refractivity contribution in [1.82, 2.24) is 0 Å². The lowest BCUT2D eigenvalue weighted by Gasteiger charge is -2.27. The van der Waals surface area contributed by atoms with Gasteiger partial charge in [-0.3, -0.25) is 4.57 Å². The van der Waals surface area contributed by atoms with Gasteiger partial charge in [0.2, 0.25) is 0 Å². The number of anilines is 2. The molecule has 0 saturated carbocycles. The Hall–Kier alpha value is -1.72. The fraction of sp³-hybridized carbons (Fsp3) is 0.611. The molecule has 1 unspecified atom stereocenters. The number of phosphoric ester groups is 1. The van der Waals surface area contributed by atoms with Gasteiger partial charge in [-0.2, -0.15) is 0 Å². The zero-order chi connectivity index (χ0) is 22.6. The number of nitrogens with two attached hydrogens (primary N) is 2. The Morgan fingerprint density at radius 2 is 1.40 bits per heavy atom. The van der Waals surface area contributed by atoms with Gasteiger partial charge in [0.1, 0.15) is 19.8 Å². The van der Waals surface area contributed by atoms with Gasteiger partial charge in [0, 0.05) is 11.4 Å². The monoisotopic (exact) mass is 449 g/mol. The number of esters is 1. The summed E-state index contributed by atoms with van der Waals surface area (Å²) >= 11 is 0. The van der Waals surface area contributed by atoms with Crippen molar-refractivity contribution in [2.75, 3.05) is 85.4 Å². The van der Waals surface area contributed by atoms with Crippen molar-refractivity contribution in [2.45, 2.75) is 0 Å². The van der Waals surface area contributed by atoms with E-state index < -0.39 is 13.8 Å². The number of nitrogen functional groups attached to an aromatic ring is 2. The van der Waals surface area contributed by atoms with Gasteiger partial charge >= 0.3 is 5.97 Å². The molecule has 0 aliphatic heterocycles. The Kier molecular flexibility index (Phi) is 11.3. The number of carbonyl (C=O) groups is 1. The molecule has 1 aromatic rings. The van der Waals surface area contributed by atoms with E-state index in [1.54, 1.807) is 6.07 Å². The van der Waals surface area contributed by atoms with E-state index in [-0.39, 0.29) is 51.8 Å². The summed E-state index contributed by atoms with van der Waals surface area (Å²) in [6, 6.07) is 4.50. The molecule has 0 aromatic heterocycles. The fourth-order valence-electron chi connectivity index (χ4n) is 2.06. The molecule has 0 saturated heterocycles. The molecule has 11 nitrogen and oxygen atoms in total. The van der Waals surface area contributed by atoms with Crippen LogP contribution in [0.5, 0.6) is 0 Å². The van der Waals surface area contributed by atoms with E-state index in [1.165, 1.54) is 12.1 Å². The van der Waals surface area contributed by atoms with Gasteiger partial charge in [-0.15, -0.1) is 0 Å². The van der Waals surface area contributed by atoms with Crippen molar-refractivity contribution >= 4 is 25.2 Å². The van der Waals surface area contributed by atoms with E-state index in [2.05, 4.69) is 0 Å². The maximum atomic E-state index is 11.9. The highest BCUT2D eigenvalue weighted by atomic mass is 31.2. The van der Waals surface area contributed by atoms with Gasteiger partial charge in [-0.1, -0.05) is 0 Å². The van der Waals surface area contributed by atoms with Gasteiger partial charge < -0.3 is 44.1 Å². The van der Waals surface area contributed by atoms with Crippen molar-refractivity contribution in [1.29, 1.82) is 0 Å². The number of likely N-dealkylation sites (N-methyl/N-ethyl adjacent to an activating group) is 1. The van der Waals surface area contributed by atoms with Gasteiger partial charge in [0.15, 0.2) is 0 Å². The number of quaternary nitrogens is 1. The first kappa shape index (κ1) is 26.3. The summed E-state index contributed by atoms with van der Waals surface area (Å²) in [5.74, 6) is -0.545. The molecule has 0 heterocycles. The predicted octanol–water partition coefficient (Wildman–Crippen LogP) is 0.249. The van der Waals surface area contributed by atoms with Crippen LogP contribution in [0.25, 0.3) is 0 Å². The lowest BCUT2D eigenvalue weighted by molar-refractivity contribution is -0.870. The van der Waals surface area contributed by atoms with Crippen LogP contribution in [0, 0.1) is 0 Å². The number of phosphoric acid groups is 1. The van der Waals surface area contributed by atoms with E-state index in [1.807, 2.05) is 21.1 Å². The van der Waals surface area contributed by atoms with Crippen molar-refractivity contribution in [3.63, 3.8) is 0 Å². The molecule has 0 amide bonds. The molecule has 1 atom stereocenters. The molecular weight excluding hydrogens is 417 g/mol. The average molecular weight is 449 g/mol. The third kappa shape index (κ3) is 12.8. The second-order valence-electron chi connectivity index (χ2n) is 7.38. The molecule has 4 N–H and O–H groups in total. The first-order valence-corrected chi connectivity index (χ1v) is 10.8. The third-order valence-corrected chi connectivity index (χ3v) is 4.53. The van der Waals surface area contributed by atoms with E-state index >= 15 is 0 Å². The summed E-state index contributed by atoms with van der Waals surface area (Å²) in [6.45, 7) is 1.22. The van der Waals surface area contributed by atoms with Crippen LogP contribution in [0.15, 0.2) is 18.2 Å². The summed E-state index contributed by atoms with van der Waals surface area (Å²) in [7, 11) is 1.45. The quantitative estimate of drug-likeness (QED) is 0.125. The normalized spacial score (nSPS) is 13.7. The highest BCUT2D eigenvalue weighted by Gasteiger charge is 2.13. The third-order valence-electron chi connectivity index (χ3n) is 3.53. The molecule has 0 spiro atoms. The second kappa shape index (κ2) is 12.9. The first-order valence-electron chi connectivity index (χ1n) is 9.38. The smallest absolute Gasteiger partial charge is 0.338 e. The minimum atomic E-state index is -4.33. The summed E-state index contributed by atoms with van der Waals surface area (Å²) in [5, 5.41) is 0. The highest BCUT2D eigenvalue weighted by Crippen LogP contribution is 2.37. The van der Waals surface area contributed by atoms with Gasteiger partial charge in [0.05, 0.1) is 59.7 Å². The van der Waals surface area contributed by atoms with Crippen molar-refractivity contribution < 1.29 is 42.0 Å². The molecule has 1 rings (SSSR count). The van der Waals surface area contributed by atoms with Crippen LogP contribution < -0.4 is 16.4 Å². The van der Waals surface area contributed by atoms with E-state index in [4.69, 9.17) is 34.7 Å². The van der Waals surface area contributed by atoms with Gasteiger partial charge in [0.25, 0.3) is 7.82 Å². The van der Waals surface area contributed by atoms with Crippen LogP contribution in [-0.4, -0.2) is 84.4 Å². The molecule has 12 heteroatoms. The molecule has 172 valence electrons. The molecular formula is C18H32N3O8P. The van der Waals surface area contributed by atoms with Crippen molar-refractivity contribution in [3.8, 4) is 0 Å². The van der Waals surface area contributed by atoms with Crippen LogP contribution in [-0.2, 0) is 27.8 Å². The Morgan fingerprint density at radius 1 is 0.900 bits per heavy atom. The molecule has 30 heavy (non-hydrogen) atoms. The Balaban J connectivity index is 2.02. The zero-order valence-electron chi connectivity index (χ0n) is 17.7. The maximum Gasteiger partial charge on any atom is 0.338 e. The summed E-state index contributed by atoms with van der Waals surface area (Å²) in [4.78, 5) is 23.4. The first-order chi connectivity index (χ1) is 14.0. The molecule has 0 fully saturated rings. The van der Waals surface area contributed by atoms with Crippen LogP contribution in [0.2, 0.25) is 0 Å². The average Bonchev–Trinajstić information content (AvgIpc) is 2.60. The number of carbonyl (C=O) groups excluding carboxylic acids is 1. The molecule has 1 aromatic carbocycles. The lowest BCUT2D eigenvalue weighted by atomic mass is 10.2. The fourth-order valence-corrected chi connectivity index (χ4v) is 2.74. The Morgan fingerprint density at radius 3 is 1.97 bits per heavy atom. The molecule has 0 aliphatic carbocycles. The number of rotatable bonds is 15. The minimum Gasteiger partial charge on any atom is -0.756 e. The van der Waals surface area contributed by atoms with Crippen molar-refractivity contribution in [2.24, 2.45) is 0 Å². The van der Waals surface area contributed by atoms with E-state index in [0.29, 0.717) is 22.4 Å². The summed E-state index contributed by atoms with van der Waals surface area (Å²) in [6.07, 6.45) is 0. The largest absolute Gasteiger partial charge is 0.756 e. The van der Waals surface area contributed by atoms with Gasteiger partial charge in [-0.05, 0) is 18.2 Å². The molecule has 0 aliphatic rings. The zero-order valence-corrected chi connectivity index (χ0v) is 18.6. The number of nitrogens with zero attached hydrogens (tertiary/aromatic N) is 1. The Bertz CT molecular complexity index is 691. The molecule has 0 bridgehead atoms. The standard InChI is InChI=1S/C18H32N3O8P/c1-21(2,3)4-5-28-30(23,24)29-11-9-26-7-6-25-8-10-27-18(22)15-12-16(19)14-17(20)13-15/h12-14H,4-11,19-20H2,1-3H3. The number of benzene rings is 1. The SMILES string of the molecule is C[N+](C)(C)CCOP(=O)([O-])OCCOCCOCCOC(=O)c1cc(N)cc(N)c1. The van der Waals surface area contributed by atoms with Crippen LogP contribution in [0.3, 0.4) is 0 Å². The number of ether oxygens (including phenoxy) is 3. The Labute approximate surface area is 177 Å². The summed E-state index contributed by atoms with van der Waals surface area (Å²) in [5.41, 5.74) is 12.3. The number of hydrogen-bond acceptors (Lipinski definition) is 10. The second-order valence-corrected chi connectivity index (χ2v) is 8.79. The number of hydrogen-bond donors (Lipinski definition) is 2. The van der Waals surface area contributed by atoms with Crippen LogP contribution >= 0.6 is 7.82 Å². The predicted molar refractivity (Wildman–Crippen MR) is 110 cm³/mol. The van der Waals surface area contributed by atoms with Crippen LogP contribution in [0.4, 0.5) is 11.4 Å². The maximum absolute atomic E-state index is 11.9. The highest BCUT2D eigenvalue weighted by molar-refractivity contribution is 7.45. The van der Waals surface area contributed by atoms with Gasteiger partial charge in [-0.25, -0.2) is 4.79 Å².